The molecule has 0 aliphatic carbocycles. The lowest BCUT2D eigenvalue weighted by Crippen LogP contribution is -2.58. The van der Waals surface area contributed by atoms with Crippen LogP contribution in [0.15, 0.2) is 0 Å². The van der Waals surface area contributed by atoms with Gasteiger partial charge in [-0.3, -0.25) is 0 Å². The fourth-order valence-electron chi connectivity index (χ4n) is 6.10. The average molecular weight is 369 g/mol. The Morgan fingerprint density at radius 2 is 1.67 bits per heavy atom. The van der Waals surface area contributed by atoms with Crippen molar-refractivity contribution in [2.45, 2.75) is 67.8 Å². The third-order valence-corrected chi connectivity index (χ3v) is 10.8. The number of hydrogen-bond acceptors (Lipinski definition) is 4. The standard InChI is InChI=1S/C20H36N2S2/c1-2-13-23-19(7-1)20(17-8-11-21-12-9-17)18(6-4-14-24-20)16-5-3-10-22-15-16/h16-19,21-22H,1-15H2. The fraction of sp³-hybridized carbons (Fsp3) is 1.00. The van der Waals surface area contributed by atoms with Crippen molar-refractivity contribution in [1.82, 2.24) is 10.6 Å². The maximum atomic E-state index is 3.75. The maximum Gasteiger partial charge on any atom is 0.0338 e. The summed E-state index contributed by atoms with van der Waals surface area (Å²) in [7, 11) is 0. The summed E-state index contributed by atoms with van der Waals surface area (Å²) in [5.74, 6) is 5.74. The first-order chi connectivity index (χ1) is 11.9. The predicted octanol–water partition coefficient (Wildman–Crippen LogP) is 4.15. The van der Waals surface area contributed by atoms with Gasteiger partial charge in [0.1, 0.15) is 0 Å². The lowest BCUT2D eigenvalue weighted by atomic mass is 9.65. The van der Waals surface area contributed by atoms with Crippen molar-refractivity contribution in [1.29, 1.82) is 0 Å². The van der Waals surface area contributed by atoms with Crippen LogP contribution in [0.25, 0.3) is 0 Å². The van der Waals surface area contributed by atoms with Gasteiger partial charge in [-0.2, -0.15) is 23.5 Å². The molecule has 0 radical (unpaired) electrons. The Morgan fingerprint density at radius 3 is 2.42 bits per heavy atom. The largest absolute Gasteiger partial charge is 0.317 e. The molecule has 0 amide bonds. The molecule has 4 heterocycles. The van der Waals surface area contributed by atoms with Gasteiger partial charge >= 0.3 is 0 Å². The van der Waals surface area contributed by atoms with Crippen molar-refractivity contribution >= 4 is 23.5 Å². The molecule has 4 rings (SSSR count). The van der Waals surface area contributed by atoms with E-state index in [1.807, 2.05) is 0 Å². The zero-order valence-corrected chi connectivity index (χ0v) is 16.9. The number of thioether (sulfide) groups is 2. The highest BCUT2D eigenvalue weighted by Crippen LogP contribution is 2.58. The molecule has 4 saturated heterocycles. The van der Waals surface area contributed by atoms with E-state index < -0.39 is 0 Å². The molecule has 4 aliphatic heterocycles. The second-order valence-corrected chi connectivity index (χ2v) is 11.2. The van der Waals surface area contributed by atoms with Crippen LogP contribution in [-0.4, -0.2) is 47.7 Å². The first kappa shape index (κ1) is 18.0. The predicted molar refractivity (Wildman–Crippen MR) is 109 cm³/mol. The van der Waals surface area contributed by atoms with Crippen molar-refractivity contribution in [2.24, 2.45) is 17.8 Å². The van der Waals surface area contributed by atoms with Gasteiger partial charge in [-0.1, -0.05) is 6.42 Å². The maximum absolute atomic E-state index is 3.75. The van der Waals surface area contributed by atoms with Gasteiger partial charge < -0.3 is 10.6 Å². The Labute approximate surface area is 157 Å². The molecular formula is C20H36N2S2. The van der Waals surface area contributed by atoms with Gasteiger partial charge in [-0.05, 0) is 107 Å². The minimum absolute atomic E-state index is 0.592. The number of hydrogen-bond donors (Lipinski definition) is 2. The molecule has 0 aromatic carbocycles. The number of nitrogens with one attached hydrogen (secondary N) is 2. The molecule has 4 aliphatic rings. The highest BCUT2D eigenvalue weighted by atomic mass is 32.2. The Bertz CT molecular complexity index is 367. The number of rotatable bonds is 3. The molecular weight excluding hydrogens is 332 g/mol. The van der Waals surface area contributed by atoms with E-state index in [9.17, 15) is 0 Å². The van der Waals surface area contributed by atoms with Gasteiger partial charge in [0.2, 0.25) is 0 Å². The molecule has 2 N–H and O–H groups in total. The van der Waals surface area contributed by atoms with Crippen LogP contribution in [0.4, 0.5) is 0 Å². The molecule has 4 atom stereocenters. The normalized spacial score (nSPS) is 42.8. The SMILES string of the molecule is C1CCC(C2(C3CCNCC3)SCCCC2C2CCCNC2)SC1. The fourth-order valence-corrected chi connectivity index (χ4v) is 10.1. The summed E-state index contributed by atoms with van der Waals surface area (Å²) in [6.07, 6.45) is 13.2. The summed E-state index contributed by atoms with van der Waals surface area (Å²) in [6, 6.07) is 0. The lowest BCUT2D eigenvalue weighted by Gasteiger charge is -2.57. The van der Waals surface area contributed by atoms with Gasteiger partial charge in [0.05, 0.1) is 0 Å². The third kappa shape index (κ3) is 3.54. The van der Waals surface area contributed by atoms with Gasteiger partial charge in [0.25, 0.3) is 0 Å². The van der Waals surface area contributed by atoms with Crippen LogP contribution >= 0.6 is 23.5 Å². The molecule has 4 unspecified atom stereocenters. The van der Waals surface area contributed by atoms with Crippen LogP contribution in [0.2, 0.25) is 0 Å². The van der Waals surface area contributed by atoms with E-state index in [4.69, 9.17) is 0 Å². The summed E-state index contributed by atoms with van der Waals surface area (Å²) in [4.78, 5) is 0. The second kappa shape index (κ2) is 8.54. The molecule has 4 fully saturated rings. The zero-order chi connectivity index (χ0) is 16.2. The zero-order valence-electron chi connectivity index (χ0n) is 15.2. The van der Waals surface area contributed by atoms with Crippen molar-refractivity contribution in [2.75, 3.05) is 37.7 Å². The molecule has 0 saturated carbocycles. The van der Waals surface area contributed by atoms with E-state index in [0.717, 1.165) is 23.0 Å². The van der Waals surface area contributed by atoms with Crippen LogP contribution in [0.1, 0.15) is 57.8 Å². The summed E-state index contributed by atoms with van der Waals surface area (Å²) >= 11 is 4.82. The average Bonchev–Trinajstić information content (AvgIpc) is 2.70. The first-order valence-corrected chi connectivity index (χ1v) is 12.6. The van der Waals surface area contributed by atoms with E-state index in [-0.39, 0.29) is 0 Å². The highest BCUT2D eigenvalue weighted by Gasteiger charge is 2.54. The molecule has 0 aromatic heterocycles. The van der Waals surface area contributed by atoms with Crippen LogP contribution in [0, 0.1) is 17.8 Å². The summed E-state index contributed by atoms with van der Waals surface area (Å²) in [5, 5.41) is 8.32. The Hall–Kier alpha value is 0.620. The minimum atomic E-state index is 0.592. The summed E-state index contributed by atoms with van der Waals surface area (Å²) in [6.45, 7) is 5.09. The van der Waals surface area contributed by atoms with E-state index in [1.165, 1.54) is 95.5 Å². The van der Waals surface area contributed by atoms with Gasteiger partial charge in [0.15, 0.2) is 0 Å². The summed E-state index contributed by atoms with van der Waals surface area (Å²) < 4.78 is 0.592. The topological polar surface area (TPSA) is 24.1 Å². The van der Waals surface area contributed by atoms with Gasteiger partial charge in [-0.15, -0.1) is 0 Å². The van der Waals surface area contributed by atoms with Crippen molar-refractivity contribution < 1.29 is 0 Å². The second-order valence-electron chi connectivity index (χ2n) is 8.44. The third-order valence-electron chi connectivity index (χ3n) is 7.16. The number of piperidine rings is 2. The molecule has 24 heavy (non-hydrogen) atoms. The van der Waals surface area contributed by atoms with Gasteiger partial charge in [-0.25, -0.2) is 0 Å². The quantitative estimate of drug-likeness (QED) is 0.781. The molecule has 0 spiro atoms. The lowest BCUT2D eigenvalue weighted by molar-refractivity contribution is 0.126. The minimum Gasteiger partial charge on any atom is -0.317 e. The Morgan fingerprint density at radius 1 is 0.750 bits per heavy atom. The molecule has 0 aromatic rings. The van der Waals surface area contributed by atoms with Crippen LogP contribution in [0.5, 0.6) is 0 Å². The van der Waals surface area contributed by atoms with Crippen molar-refractivity contribution in [3.05, 3.63) is 0 Å². The summed E-state index contributed by atoms with van der Waals surface area (Å²) in [5.41, 5.74) is 0. The van der Waals surface area contributed by atoms with Crippen molar-refractivity contribution in [3.8, 4) is 0 Å². The molecule has 138 valence electrons. The van der Waals surface area contributed by atoms with Crippen LogP contribution in [0.3, 0.4) is 0 Å². The van der Waals surface area contributed by atoms with Crippen LogP contribution < -0.4 is 10.6 Å². The Balaban J connectivity index is 1.64. The molecule has 4 heteroatoms. The van der Waals surface area contributed by atoms with Crippen molar-refractivity contribution in [3.63, 3.8) is 0 Å². The van der Waals surface area contributed by atoms with E-state index in [0.29, 0.717) is 4.75 Å². The van der Waals surface area contributed by atoms with E-state index in [2.05, 4.69) is 34.2 Å². The molecule has 0 bridgehead atoms. The first-order valence-electron chi connectivity index (χ1n) is 10.6. The Kier molecular flexibility index (Phi) is 6.41. The van der Waals surface area contributed by atoms with E-state index in [1.54, 1.807) is 0 Å². The van der Waals surface area contributed by atoms with Crippen LogP contribution in [-0.2, 0) is 0 Å². The van der Waals surface area contributed by atoms with Gasteiger partial charge in [0, 0.05) is 10.00 Å². The highest BCUT2D eigenvalue weighted by molar-refractivity contribution is 8.04. The van der Waals surface area contributed by atoms with E-state index >= 15 is 0 Å². The smallest absolute Gasteiger partial charge is 0.0338 e. The molecule has 2 nitrogen and oxygen atoms in total. The monoisotopic (exact) mass is 368 g/mol.